The minimum Gasteiger partial charge on any atom is -0.338 e. The van der Waals surface area contributed by atoms with Crippen molar-refractivity contribution in [3.8, 4) is 0 Å². The van der Waals surface area contributed by atoms with Gasteiger partial charge in [-0.1, -0.05) is 66.2 Å². The number of hydrogen-bond acceptors (Lipinski definition) is 2. The van der Waals surface area contributed by atoms with Gasteiger partial charge in [-0.2, -0.15) is 0 Å². The number of aryl methyl sites for hydroxylation is 1. The molecule has 3 nitrogen and oxygen atoms in total. The van der Waals surface area contributed by atoms with Crippen molar-refractivity contribution in [1.29, 1.82) is 0 Å². The van der Waals surface area contributed by atoms with Gasteiger partial charge in [0.05, 0.1) is 4.88 Å². The second-order valence-electron chi connectivity index (χ2n) is 7.00. The van der Waals surface area contributed by atoms with Crippen LogP contribution in [0, 0.1) is 6.92 Å². The number of nitrogens with zero attached hydrogens (tertiary/aromatic N) is 1. The fourth-order valence-corrected chi connectivity index (χ4v) is 4.37. The van der Waals surface area contributed by atoms with Crippen LogP contribution < -0.4 is 5.32 Å². The maximum atomic E-state index is 13.4. The van der Waals surface area contributed by atoms with E-state index in [9.17, 15) is 4.79 Å². The van der Waals surface area contributed by atoms with Gasteiger partial charge in [0, 0.05) is 24.2 Å². The largest absolute Gasteiger partial charge is 0.338 e. The minimum atomic E-state index is -0.269. The lowest BCUT2D eigenvalue weighted by Gasteiger charge is -2.27. The number of hydrogen-bond donors (Lipinski definition) is 1. The predicted octanol–water partition coefficient (Wildman–Crippen LogP) is 4.32. The van der Waals surface area contributed by atoms with E-state index in [4.69, 9.17) is 0 Å². The average Bonchev–Trinajstić information content (AvgIpc) is 3.26. The van der Waals surface area contributed by atoms with Crippen LogP contribution in [0.4, 0.5) is 0 Å². The number of nitrogens with two attached hydrogens (primary N) is 1. The number of carbonyl (C=O) groups excluding carboxylic acids is 1. The molecule has 0 unspecified atom stereocenters. The van der Waals surface area contributed by atoms with Crippen molar-refractivity contribution in [2.45, 2.75) is 32.9 Å². The number of amides is 1. The molecule has 1 amide bonds. The van der Waals surface area contributed by atoms with Crippen molar-refractivity contribution in [3.63, 3.8) is 0 Å². The minimum absolute atomic E-state index is 0.0883. The third-order valence-corrected chi connectivity index (χ3v) is 6.13. The van der Waals surface area contributed by atoms with Gasteiger partial charge in [-0.05, 0) is 32.2 Å². The second kappa shape index (κ2) is 9.67. The summed E-state index contributed by atoms with van der Waals surface area (Å²) in [6.07, 6.45) is 0. The molecular weight excluding hydrogens is 364 g/mol. The Balaban J connectivity index is 2.00. The molecule has 0 spiro atoms. The summed E-state index contributed by atoms with van der Waals surface area (Å²) in [6, 6.07) is 22.9. The molecule has 2 aromatic carbocycles. The molecule has 3 rings (SSSR count). The first-order chi connectivity index (χ1) is 13.6. The number of thiophene rings is 1. The first kappa shape index (κ1) is 20.3. The Morgan fingerprint density at radius 1 is 0.929 bits per heavy atom. The van der Waals surface area contributed by atoms with Crippen LogP contribution in [0.25, 0.3) is 0 Å². The third kappa shape index (κ3) is 4.70. The molecule has 3 aromatic rings. The molecule has 0 saturated heterocycles. The van der Waals surface area contributed by atoms with Crippen molar-refractivity contribution in [1.82, 2.24) is 4.90 Å². The Kier molecular flexibility index (Phi) is 7.01. The normalized spacial score (nSPS) is 13.1. The second-order valence-corrected chi connectivity index (χ2v) is 7.97. The SMILES string of the molecule is CCN(CC)C(=O)[C@@H]([NH2+][C@H](c1ccc(C)cc1)c1cccs1)c1ccccc1. The van der Waals surface area contributed by atoms with Crippen LogP contribution in [0.1, 0.15) is 47.5 Å². The predicted molar refractivity (Wildman–Crippen MR) is 116 cm³/mol. The molecule has 0 aliphatic rings. The molecule has 0 aliphatic carbocycles. The van der Waals surface area contributed by atoms with E-state index in [1.54, 1.807) is 11.3 Å². The van der Waals surface area contributed by atoms with Crippen LogP contribution in [-0.2, 0) is 4.79 Å². The van der Waals surface area contributed by atoms with E-state index < -0.39 is 0 Å². The summed E-state index contributed by atoms with van der Waals surface area (Å²) >= 11 is 1.74. The van der Waals surface area contributed by atoms with E-state index in [0.29, 0.717) is 0 Å². The van der Waals surface area contributed by atoms with Crippen molar-refractivity contribution in [2.75, 3.05) is 13.1 Å². The smallest absolute Gasteiger partial charge is 0.285 e. The van der Waals surface area contributed by atoms with Crippen LogP contribution in [0.3, 0.4) is 0 Å². The summed E-state index contributed by atoms with van der Waals surface area (Å²) in [5.74, 6) is 0.171. The van der Waals surface area contributed by atoms with Gasteiger partial charge in [-0.3, -0.25) is 4.79 Å². The lowest BCUT2D eigenvalue weighted by molar-refractivity contribution is -0.714. The van der Waals surface area contributed by atoms with E-state index in [2.05, 4.69) is 66.2 Å². The molecule has 0 radical (unpaired) electrons. The molecule has 1 heterocycles. The van der Waals surface area contributed by atoms with Crippen LogP contribution in [0.5, 0.6) is 0 Å². The number of benzene rings is 2. The topological polar surface area (TPSA) is 36.9 Å². The Hall–Kier alpha value is -2.43. The van der Waals surface area contributed by atoms with Gasteiger partial charge < -0.3 is 10.2 Å². The summed E-state index contributed by atoms with van der Waals surface area (Å²) in [5.41, 5.74) is 3.52. The molecule has 0 fully saturated rings. The van der Waals surface area contributed by atoms with Gasteiger partial charge >= 0.3 is 0 Å². The number of rotatable bonds is 8. The highest BCUT2D eigenvalue weighted by Gasteiger charge is 2.32. The maximum Gasteiger partial charge on any atom is 0.285 e. The van der Waals surface area contributed by atoms with Gasteiger partial charge in [-0.25, -0.2) is 0 Å². The number of likely N-dealkylation sites (N-methyl/N-ethyl adjacent to an activating group) is 1. The van der Waals surface area contributed by atoms with Crippen molar-refractivity contribution >= 4 is 17.2 Å². The van der Waals surface area contributed by atoms with Crippen molar-refractivity contribution in [2.24, 2.45) is 0 Å². The molecule has 2 N–H and O–H groups in total. The highest BCUT2D eigenvalue weighted by molar-refractivity contribution is 7.10. The molecule has 0 aliphatic heterocycles. The van der Waals surface area contributed by atoms with E-state index in [-0.39, 0.29) is 18.0 Å². The standard InChI is InChI=1S/C24H28N2OS/c1-4-26(5-2)24(27)23(19-10-7-6-8-11-19)25-22(21-12-9-17-28-21)20-15-13-18(3)14-16-20/h6-17,22-23,25H,4-5H2,1-3H3/p+1/t22-,23+/m1/s1. The summed E-state index contributed by atoms with van der Waals surface area (Å²) in [6.45, 7) is 7.63. The molecule has 0 bridgehead atoms. The van der Waals surface area contributed by atoms with E-state index >= 15 is 0 Å². The fourth-order valence-electron chi connectivity index (χ4n) is 3.53. The van der Waals surface area contributed by atoms with Crippen molar-refractivity contribution < 1.29 is 10.1 Å². The molecule has 4 heteroatoms. The quantitative estimate of drug-likeness (QED) is 0.608. The van der Waals surface area contributed by atoms with E-state index in [1.165, 1.54) is 16.0 Å². The van der Waals surface area contributed by atoms with Gasteiger partial charge in [0.1, 0.15) is 6.04 Å². The van der Waals surface area contributed by atoms with Crippen LogP contribution in [-0.4, -0.2) is 23.9 Å². The molecule has 1 aromatic heterocycles. The lowest BCUT2D eigenvalue weighted by atomic mass is 9.99. The Labute approximate surface area is 172 Å². The first-order valence-electron chi connectivity index (χ1n) is 9.92. The summed E-state index contributed by atoms with van der Waals surface area (Å²) < 4.78 is 0. The van der Waals surface area contributed by atoms with Crippen LogP contribution in [0.2, 0.25) is 0 Å². The molecule has 0 saturated carbocycles. The first-order valence-corrected chi connectivity index (χ1v) is 10.8. The van der Waals surface area contributed by atoms with Gasteiger partial charge in [0.2, 0.25) is 0 Å². The maximum absolute atomic E-state index is 13.4. The van der Waals surface area contributed by atoms with E-state index in [0.717, 1.165) is 18.7 Å². The fraction of sp³-hybridized carbons (Fsp3) is 0.292. The van der Waals surface area contributed by atoms with Gasteiger partial charge in [0.25, 0.3) is 5.91 Å². The summed E-state index contributed by atoms with van der Waals surface area (Å²) in [4.78, 5) is 16.6. The zero-order chi connectivity index (χ0) is 19.9. The summed E-state index contributed by atoms with van der Waals surface area (Å²) in [5, 5.41) is 4.33. The Morgan fingerprint density at radius 3 is 2.18 bits per heavy atom. The monoisotopic (exact) mass is 393 g/mol. The summed E-state index contributed by atoms with van der Waals surface area (Å²) in [7, 11) is 0. The molecule has 2 atom stereocenters. The number of carbonyl (C=O) groups is 1. The highest BCUT2D eigenvalue weighted by atomic mass is 32.1. The highest BCUT2D eigenvalue weighted by Crippen LogP contribution is 2.25. The van der Waals surface area contributed by atoms with Crippen LogP contribution in [0.15, 0.2) is 72.1 Å². The Bertz CT molecular complexity index is 855. The zero-order valence-corrected chi connectivity index (χ0v) is 17.7. The van der Waals surface area contributed by atoms with Gasteiger partial charge in [0.15, 0.2) is 6.04 Å². The van der Waals surface area contributed by atoms with Crippen LogP contribution >= 0.6 is 11.3 Å². The van der Waals surface area contributed by atoms with Gasteiger partial charge in [-0.15, -0.1) is 11.3 Å². The third-order valence-electron chi connectivity index (χ3n) is 5.17. The Morgan fingerprint density at radius 2 is 1.61 bits per heavy atom. The molecule has 28 heavy (non-hydrogen) atoms. The lowest BCUT2D eigenvalue weighted by Crippen LogP contribution is -2.88. The van der Waals surface area contributed by atoms with Crippen molar-refractivity contribution in [3.05, 3.63) is 93.7 Å². The van der Waals surface area contributed by atoms with E-state index in [1.807, 2.05) is 36.9 Å². The molecular formula is C24H29N2OS+. The average molecular weight is 394 g/mol. The molecule has 146 valence electrons. The zero-order valence-electron chi connectivity index (χ0n) is 16.8. The number of quaternary nitrogens is 1.